The normalized spacial score (nSPS) is 14.4. The molecule has 2 amide bonds. The molecule has 36 heavy (non-hydrogen) atoms. The molecule has 0 spiro atoms. The number of alkyl carbamates (subject to hydrolysis) is 1. The topological polar surface area (TPSA) is 96.7 Å². The summed E-state index contributed by atoms with van der Waals surface area (Å²) in [4.78, 5) is 28.4. The van der Waals surface area contributed by atoms with E-state index in [0.717, 1.165) is 36.2 Å². The number of likely N-dealkylation sites (N-methyl/N-ethyl adjacent to an activating group) is 1. The Morgan fingerprint density at radius 1 is 1.00 bits per heavy atom. The van der Waals surface area contributed by atoms with Gasteiger partial charge in [-0.2, -0.15) is 0 Å². The van der Waals surface area contributed by atoms with E-state index in [9.17, 15) is 9.59 Å². The van der Waals surface area contributed by atoms with Gasteiger partial charge in [-0.05, 0) is 59.5 Å². The number of hydrogen-bond donors (Lipinski definition) is 3. The van der Waals surface area contributed by atoms with Crippen LogP contribution in [0.5, 0.6) is 0 Å². The second-order valence-electron chi connectivity index (χ2n) is 8.90. The maximum Gasteiger partial charge on any atom is 0.408 e. The van der Waals surface area contributed by atoms with Gasteiger partial charge in [0.2, 0.25) is 0 Å². The minimum absolute atomic E-state index is 0.111. The van der Waals surface area contributed by atoms with Gasteiger partial charge in [0.25, 0.3) is 5.91 Å². The average Bonchev–Trinajstić information content (AvgIpc) is 2.91. The summed E-state index contributed by atoms with van der Waals surface area (Å²) in [5.74, 6) is -0.365. The molecule has 1 heterocycles. The van der Waals surface area contributed by atoms with Gasteiger partial charge in [0.1, 0.15) is 12.6 Å². The van der Waals surface area contributed by atoms with Gasteiger partial charge in [0.15, 0.2) is 0 Å². The molecule has 1 atom stereocenters. The van der Waals surface area contributed by atoms with Crippen LogP contribution < -0.4 is 16.4 Å². The molecule has 3 aromatic carbocycles. The van der Waals surface area contributed by atoms with Crippen LogP contribution in [0.15, 0.2) is 84.9 Å². The minimum Gasteiger partial charge on any atom is -0.445 e. The van der Waals surface area contributed by atoms with Gasteiger partial charge in [-0.1, -0.05) is 66.7 Å². The number of anilines is 1. The Hall–Kier alpha value is -3.94. The van der Waals surface area contributed by atoms with Crippen LogP contribution >= 0.6 is 0 Å². The molecule has 0 unspecified atom stereocenters. The molecule has 4 N–H and O–H groups in total. The van der Waals surface area contributed by atoms with Crippen molar-refractivity contribution in [3.05, 3.63) is 107 Å². The van der Waals surface area contributed by atoms with Crippen molar-refractivity contribution in [1.29, 1.82) is 0 Å². The summed E-state index contributed by atoms with van der Waals surface area (Å²) in [6, 6.07) is 23.6. The predicted octanol–water partition coefficient (Wildman–Crippen LogP) is 4.47. The predicted molar refractivity (Wildman–Crippen MR) is 142 cm³/mol. The third-order valence-electron chi connectivity index (χ3n) is 6.17. The highest BCUT2D eigenvalue weighted by Crippen LogP contribution is 2.26. The van der Waals surface area contributed by atoms with E-state index in [2.05, 4.69) is 28.7 Å². The summed E-state index contributed by atoms with van der Waals surface area (Å²) in [6.45, 7) is 2.33. The van der Waals surface area contributed by atoms with Crippen molar-refractivity contribution in [3.8, 4) is 0 Å². The Morgan fingerprint density at radius 3 is 2.53 bits per heavy atom. The SMILES string of the molecule is CN1CC=C(c2cccc([C@@H](NC(=O)OCc3ccccc3)C(=O)Nc3cccc(CN)c3)c2)CC1. The number of nitrogens with two attached hydrogens (primary N) is 1. The number of carbonyl (C=O) groups is 2. The second kappa shape index (κ2) is 12.2. The van der Waals surface area contributed by atoms with Crippen molar-refractivity contribution in [2.75, 3.05) is 25.5 Å². The zero-order valence-corrected chi connectivity index (χ0v) is 20.4. The first-order valence-corrected chi connectivity index (χ1v) is 12.1. The van der Waals surface area contributed by atoms with Gasteiger partial charge in [-0.15, -0.1) is 0 Å². The molecule has 0 aromatic heterocycles. The fourth-order valence-electron chi connectivity index (χ4n) is 4.12. The first-order valence-electron chi connectivity index (χ1n) is 12.1. The highest BCUT2D eigenvalue weighted by atomic mass is 16.5. The first-order chi connectivity index (χ1) is 17.5. The molecule has 0 radical (unpaired) electrons. The van der Waals surface area contributed by atoms with Gasteiger partial charge in [-0.3, -0.25) is 4.79 Å². The number of nitrogens with zero attached hydrogens (tertiary/aromatic N) is 1. The molecular formula is C29H32N4O3. The van der Waals surface area contributed by atoms with Crippen LogP contribution in [0.4, 0.5) is 10.5 Å². The Balaban J connectivity index is 1.55. The van der Waals surface area contributed by atoms with Crippen molar-refractivity contribution in [2.24, 2.45) is 5.73 Å². The van der Waals surface area contributed by atoms with Gasteiger partial charge in [0, 0.05) is 25.3 Å². The summed E-state index contributed by atoms with van der Waals surface area (Å²) in [5, 5.41) is 5.68. The van der Waals surface area contributed by atoms with Crippen molar-refractivity contribution in [2.45, 2.75) is 25.6 Å². The quantitative estimate of drug-likeness (QED) is 0.438. The van der Waals surface area contributed by atoms with Gasteiger partial charge in [-0.25, -0.2) is 4.79 Å². The summed E-state index contributed by atoms with van der Waals surface area (Å²) in [6.07, 6.45) is 2.46. The smallest absolute Gasteiger partial charge is 0.408 e. The van der Waals surface area contributed by atoms with Crippen molar-refractivity contribution >= 4 is 23.3 Å². The van der Waals surface area contributed by atoms with E-state index in [4.69, 9.17) is 10.5 Å². The number of rotatable bonds is 8. The zero-order chi connectivity index (χ0) is 25.3. The molecule has 0 aliphatic carbocycles. The largest absolute Gasteiger partial charge is 0.445 e. The molecule has 1 aliphatic heterocycles. The zero-order valence-electron chi connectivity index (χ0n) is 20.4. The number of carbonyl (C=O) groups excluding carboxylic acids is 2. The fourth-order valence-corrected chi connectivity index (χ4v) is 4.12. The fraction of sp³-hybridized carbons (Fsp3) is 0.241. The van der Waals surface area contributed by atoms with Gasteiger partial charge in [0.05, 0.1) is 0 Å². The molecule has 0 saturated carbocycles. The molecule has 4 rings (SSSR count). The minimum atomic E-state index is -0.943. The van der Waals surface area contributed by atoms with E-state index < -0.39 is 12.1 Å². The highest BCUT2D eigenvalue weighted by Gasteiger charge is 2.25. The Bertz CT molecular complexity index is 1230. The third-order valence-corrected chi connectivity index (χ3v) is 6.17. The summed E-state index contributed by atoms with van der Waals surface area (Å²) >= 11 is 0. The first kappa shape index (κ1) is 25.2. The molecule has 1 aliphatic rings. The summed E-state index contributed by atoms with van der Waals surface area (Å²) < 4.78 is 5.41. The lowest BCUT2D eigenvalue weighted by atomic mass is 9.95. The molecule has 7 nitrogen and oxygen atoms in total. The van der Waals surface area contributed by atoms with E-state index >= 15 is 0 Å². The Kier molecular flexibility index (Phi) is 8.49. The third kappa shape index (κ3) is 6.81. The molecule has 0 fully saturated rings. The van der Waals surface area contributed by atoms with E-state index in [0.29, 0.717) is 17.8 Å². The van der Waals surface area contributed by atoms with Crippen molar-refractivity contribution in [1.82, 2.24) is 10.2 Å². The number of amides is 2. The monoisotopic (exact) mass is 484 g/mol. The van der Waals surface area contributed by atoms with Crippen LogP contribution in [0.1, 0.15) is 34.7 Å². The van der Waals surface area contributed by atoms with Gasteiger partial charge >= 0.3 is 6.09 Å². The van der Waals surface area contributed by atoms with Crippen molar-refractivity contribution < 1.29 is 14.3 Å². The molecule has 186 valence electrons. The van der Waals surface area contributed by atoms with Crippen LogP contribution in [0.25, 0.3) is 5.57 Å². The molecule has 3 aromatic rings. The number of benzene rings is 3. The van der Waals surface area contributed by atoms with Crippen LogP contribution in [-0.4, -0.2) is 37.0 Å². The van der Waals surface area contributed by atoms with E-state index in [-0.39, 0.29) is 12.5 Å². The van der Waals surface area contributed by atoms with E-state index in [1.54, 1.807) is 6.07 Å². The number of nitrogens with one attached hydrogen (secondary N) is 2. The summed E-state index contributed by atoms with van der Waals surface area (Å²) in [7, 11) is 2.09. The lowest BCUT2D eigenvalue weighted by Crippen LogP contribution is -2.37. The molecule has 0 saturated heterocycles. The van der Waals surface area contributed by atoms with E-state index in [1.165, 1.54) is 5.57 Å². The second-order valence-corrected chi connectivity index (χ2v) is 8.90. The summed E-state index contributed by atoms with van der Waals surface area (Å²) in [5.41, 5.74) is 11.1. The lowest BCUT2D eigenvalue weighted by molar-refractivity contribution is -0.118. The highest BCUT2D eigenvalue weighted by molar-refractivity contribution is 5.97. The maximum absolute atomic E-state index is 13.4. The molecule has 0 bridgehead atoms. The van der Waals surface area contributed by atoms with Crippen molar-refractivity contribution in [3.63, 3.8) is 0 Å². The Morgan fingerprint density at radius 2 is 1.78 bits per heavy atom. The molecule has 7 heteroatoms. The van der Waals surface area contributed by atoms with Crippen LogP contribution in [0.3, 0.4) is 0 Å². The molecular weight excluding hydrogens is 452 g/mol. The van der Waals surface area contributed by atoms with E-state index in [1.807, 2.05) is 72.8 Å². The standard InChI is InChI=1S/C29H32N4O3/c1-33-15-13-23(14-16-33)24-10-6-11-25(18-24)27(28(34)31-26-12-5-9-22(17-26)19-30)32-29(35)36-20-21-7-3-2-4-8-21/h2-13,17-18,27H,14-16,19-20,30H2,1H3,(H,31,34)(H,32,35)/t27-/m1/s1. The van der Waals surface area contributed by atoms with Gasteiger partial charge < -0.3 is 26.0 Å². The maximum atomic E-state index is 13.4. The average molecular weight is 485 g/mol. The number of hydrogen-bond acceptors (Lipinski definition) is 5. The Labute approximate surface area is 212 Å². The van der Waals surface area contributed by atoms with Crippen LogP contribution in [-0.2, 0) is 22.7 Å². The van der Waals surface area contributed by atoms with Crippen LogP contribution in [0.2, 0.25) is 0 Å². The lowest BCUT2D eigenvalue weighted by Gasteiger charge is -2.23. The number of ether oxygens (including phenoxy) is 1. The van der Waals surface area contributed by atoms with Crippen LogP contribution in [0, 0.1) is 0 Å².